The number of aromatic nitrogens is 2. The van der Waals surface area contributed by atoms with Gasteiger partial charge in [-0.05, 0) is 41.4 Å². The van der Waals surface area contributed by atoms with Crippen LogP contribution in [0, 0.1) is 0 Å². The van der Waals surface area contributed by atoms with Crippen molar-refractivity contribution >= 4 is 45.1 Å². The molecule has 112 valence electrons. The molecule has 1 N–H and O–H groups in total. The van der Waals surface area contributed by atoms with Crippen molar-refractivity contribution in [2.45, 2.75) is 30.9 Å². The van der Waals surface area contributed by atoms with Crippen molar-refractivity contribution < 1.29 is 0 Å². The zero-order chi connectivity index (χ0) is 15.2. The molecule has 0 atom stereocenters. The predicted molar refractivity (Wildman–Crippen MR) is 94.3 cm³/mol. The van der Waals surface area contributed by atoms with Gasteiger partial charge in [-0.1, -0.05) is 30.7 Å². The van der Waals surface area contributed by atoms with Crippen molar-refractivity contribution in [1.29, 1.82) is 0 Å². The minimum absolute atomic E-state index is 0.697. The quantitative estimate of drug-likeness (QED) is 0.694. The second kappa shape index (κ2) is 8.01. The molecule has 21 heavy (non-hydrogen) atoms. The van der Waals surface area contributed by atoms with Crippen LogP contribution in [0.1, 0.15) is 25.4 Å². The number of hydrogen-bond acceptors (Lipinski definition) is 4. The Morgan fingerprint density at radius 2 is 2.00 bits per heavy atom. The summed E-state index contributed by atoms with van der Waals surface area (Å²) in [6.07, 6.45) is 0.866. The second-order valence-electron chi connectivity index (χ2n) is 4.35. The molecule has 0 spiro atoms. The minimum atomic E-state index is 0.697. The van der Waals surface area contributed by atoms with Gasteiger partial charge in [-0.2, -0.15) is 0 Å². The van der Waals surface area contributed by atoms with Gasteiger partial charge < -0.3 is 5.32 Å². The summed E-state index contributed by atoms with van der Waals surface area (Å²) in [5.41, 5.74) is 1.02. The molecular weight excluding hydrogens is 370 g/mol. The molecule has 2 aromatic rings. The number of halogens is 2. The number of nitrogens with one attached hydrogen (secondary N) is 1. The van der Waals surface area contributed by atoms with Crippen LogP contribution in [0.15, 0.2) is 33.6 Å². The Kier molecular flexibility index (Phi) is 6.33. The van der Waals surface area contributed by atoms with Gasteiger partial charge in [0.15, 0.2) is 0 Å². The van der Waals surface area contributed by atoms with Crippen molar-refractivity contribution in [3.63, 3.8) is 0 Å². The molecule has 0 saturated heterocycles. The van der Waals surface area contributed by atoms with E-state index >= 15 is 0 Å². The highest BCUT2D eigenvalue weighted by atomic mass is 79.9. The maximum absolute atomic E-state index is 6.17. The Morgan fingerprint density at radius 3 is 2.67 bits per heavy atom. The zero-order valence-corrected chi connectivity index (χ0v) is 15.1. The Labute approximate surface area is 143 Å². The van der Waals surface area contributed by atoms with E-state index in [1.807, 2.05) is 24.3 Å². The molecule has 1 aromatic heterocycles. The summed E-state index contributed by atoms with van der Waals surface area (Å²) in [7, 11) is 0. The first-order chi connectivity index (χ1) is 10.2. The van der Waals surface area contributed by atoms with Crippen molar-refractivity contribution in [3.8, 4) is 0 Å². The molecule has 1 aromatic carbocycles. The van der Waals surface area contributed by atoms with Crippen LogP contribution in [0.25, 0.3) is 0 Å². The van der Waals surface area contributed by atoms with E-state index < -0.39 is 0 Å². The Morgan fingerprint density at radius 1 is 1.24 bits per heavy atom. The number of thioether (sulfide) groups is 1. The normalized spacial score (nSPS) is 10.7. The van der Waals surface area contributed by atoms with Gasteiger partial charge in [-0.15, -0.1) is 11.8 Å². The summed E-state index contributed by atoms with van der Waals surface area (Å²) in [6, 6.07) is 7.82. The molecule has 0 unspecified atom stereocenters. The topological polar surface area (TPSA) is 37.8 Å². The molecule has 0 bridgehead atoms. The van der Waals surface area contributed by atoms with Crippen molar-refractivity contribution in [2.75, 3.05) is 11.9 Å². The summed E-state index contributed by atoms with van der Waals surface area (Å²) >= 11 is 11.4. The zero-order valence-electron chi connectivity index (χ0n) is 12.0. The molecule has 0 amide bonds. The third-order valence-corrected chi connectivity index (χ3v) is 5.18. The molecule has 0 radical (unpaired) electrons. The van der Waals surface area contributed by atoms with Crippen LogP contribution in [0.4, 0.5) is 5.82 Å². The van der Waals surface area contributed by atoms with E-state index in [1.165, 1.54) is 0 Å². The average molecular weight is 387 g/mol. The highest BCUT2D eigenvalue weighted by molar-refractivity contribution is 9.10. The molecule has 0 aliphatic carbocycles. The van der Waals surface area contributed by atoms with E-state index in [0.29, 0.717) is 5.75 Å². The van der Waals surface area contributed by atoms with Crippen LogP contribution < -0.4 is 5.32 Å². The molecular formula is C15H17BrClN3S. The number of nitrogens with zero attached hydrogens (tertiary/aromatic N) is 2. The number of rotatable bonds is 6. The van der Waals surface area contributed by atoms with Crippen LogP contribution in [-0.2, 0) is 12.2 Å². The lowest BCUT2D eigenvalue weighted by molar-refractivity contribution is 0.924. The van der Waals surface area contributed by atoms with Crippen molar-refractivity contribution in [1.82, 2.24) is 9.97 Å². The maximum atomic E-state index is 6.17. The van der Waals surface area contributed by atoms with Crippen LogP contribution >= 0.6 is 39.3 Å². The maximum Gasteiger partial charge on any atom is 0.144 e. The SMILES string of the molecule is CCNc1nc(CSc2ccccc2Cl)nc(CC)c1Br. The molecule has 2 rings (SSSR count). The molecule has 0 fully saturated rings. The van der Waals surface area contributed by atoms with Crippen LogP contribution in [0.2, 0.25) is 5.02 Å². The van der Waals surface area contributed by atoms with E-state index in [9.17, 15) is 0 Å². The number of hydrogen-bond donors (Lipinski definition) is 1. The van der Waals surface area contributed by atoms with Crippen molar-refractivity contribution in [3.05, 3.63) is 45.3 Å². The second-order valence-corrected chi connectivity index (χ2v) is 6.57. The Balaban J connectivity index is 2.20. The standard InChI is InChI=1S/C15H17BrClN3S/c1-3-11-14(16)15(18-4-2)20-13(19-11)9-21-12-8-6-5-7-10(12)17/h5-8H,3-4,9H2,1-2H3,(H,18,19,20). The molecule has 0 saturated carbocycles. The van der Waals surface area contributed by atoms with Gasteiger partial charge in [0, 0.05) is 11.4 Å². The van der Waals surface area contributed by atoms with Gasteiger partial charge in [0.25, 0.3) is 0 Å². The van der Waals surface area contributed by atoms with Crippen LogP contribution in [-0.4, -0.2) is 16.5 Å². The van der Waals surface area contributed by atoms with E-state index in [2.05, 4.69) is 45.1 Å². The molecule has 3 nitrogen and oxygen atoms in total. The number of benzene rings is 1. The smallest absolute Gasteiger partial charge is 0.144 e. The molecule has 6 heteroatoms. The first-order valence-corrected chi connectivity index (χ1v) is 8.97. The largest absolute Gasteiger partial charge is 0.369 e. The fraction of sp³-hybridized carbons (Fsp3) is 0.333. The summed E-state index contributed by atoms with van der Waals surface area (Å²) in [5.74, 6) is 2.37. The van der Waals surface area contributed by atoms with E-state index in [4.69, 9.17) is 11.6 Å². The first kappa shape index (κ1) is 16.6. The highest BCUT2D eigenvalue weighted by Crippen LogP contribution is 2.30. The highest BCUT2D eigenvalue weighted by Gasteiger charge is 2.11. The van der Waals surface area contributed by atoms with Gasteiger partial charge >= 0.3 is 0 Å². The van der Waals surface area contributed by atoms with Gasteiger partial charge in [-0.25, -0.2) is 9.97 Å². The lowest BCUT2D eigenvalue weighted by atomic mass is 10.3. The third kappa shape index (κ3) is 4.34. The number of anilines is 1. The number of aryl methyl sites for hydroxylation is 1. The molecule has 1 heterocycles. The summed E-state index contributed by atoms with van der Waals surface area (Å²) in [4.78, 5) is 10.2. The Bertz CT molecular complexity index is 622. The van der Waals surface area contributed by atoms with Gasteiger partial charge in [0.1, 0.15) is 11.6 Å². The van der Waals surface area contributed by atoms with Gasteiger partial charge in [-0.3, -0.25) is 0 Å². The predicted octanol–water partition coefficient (Wildman–Crippen LogP) is 5.18. The first-order valence-electron chi connectivity index (χ1n) is 6.82. The minimum Gasteiger partial charge on any atom is -0.369 e. The van der Waals surface area contributed by atoms with Crippen LogP contribution in [0.3, 0.4) is 0 Å². The third-order valence-electron chi connectivity index (χ3n) is 2.84. The van der Waals surface area contributed by atoms with E-state index in [-0.39, 0.29) is 0 Å². The Hall–Kier alpha value is -0.780. The summed E-state index contributed by atoms with van der Waals surface area (Å²) in [5, 5.41) is 4.03. The summed E-state index contributed by atoms with van der Waals surface area (Å²) < 4.78 is 0.957. The van der Waals surface area contributed by atoms with E-state index in [0.717, 1.165) is 44.7 Å². The van der Waals surface area contributed by atoms with E-state index in [1.54, 1.807) is 11.8 Å². The summed E-state index contributed by atoms with van der Waals surface area (Å²) in [6.45, 7) is 4.97. The monoisotopic (exact) mass is 385 g/mol. The van der Waals surface area contributed by atoms with Crippen LogP contribution in [0.5, 0.6) is 0 Å². The molecule has 0 aliphatic heterocycles. The van der Waals surface area contributed by atoms with Gasteiger partial charge in [0.2, 0.25) is 0 Å². The van der Waals surface area contributed by atoms with Crippen molar-refractivity contribution in [2.24, 2.45) is 0 Å². The molecule has 0 aliphatic rings. The fourth-order valence-electron chi connectivity index (χ4n) is 1.83. The fourth-order valence-corrected chi connectivity index (χ4v) is 3.52. The average Bonchev–Trinajstić information content (AvgIpc) is 2.49. The lowest BCUT2D eigenvalue weighted by Crippen LogP contribution is -2.07. The lowest BCUT2D eigenvalue weighted by Gasteiger charge is -2.11. The van der Waals surface area contributed by atoms with Gasteiger partial charge in [0.05, 0.1) is 20.9 Å².